The molecule has 3 aliphatic rings. The lowest BCUT2D eigenvalue weighted by atomic mass is 9.88. The van der Waals surface area contributed by atoms with Crippen molar-refractivity contribution in [2.75, 3.05) is 40.0 Å². The summed E-state index contributed by atoms with van der Waals surface area (Å²) in [6.07, 6.45) is 6.01. The lowest BCUT2D eigenvalue weighted by Crippen LogP contribution is -2.52. The number of nitrogens with one attached hydrogen (secondary N) is 1. The van der Waals surface area contributed by atoms with E-state index >= 15 is 0 Å². The van der Waals surface area contributed by atoms with E-state index in [1.807, 2.05) is 0 Å². The van der Waals surface area contributed by atoms with Crippen molar-refractivity contribution in [2.24, 2.45) is 0 Å². The van der Waals surface area contributed by atoms with E-state index in [0.717, 1.165) is 38.7 Å². The molecular formula is C14H26N2O2. The first-order valence-electron chi connectivity index (χ1n) is 7.43. The van der Waals surface area contributed by atoms with Gasteiger partial charge in [0.05, 0.1) is 12.2 Å². The van der Waals surface area contributed by atoms with Gasteiger partial charge in [-0.25, -0.2) is 0 Å². The fourth-order valence-corrected chi connectivity index (χ4v) is 3.72. The monoisotopic (exact) mass is 254 g/mol. The Morgan fingerprint density at radius 1 is 1.11 bits per heavy atom. The molecule has 3 heterocycles. The van der Waals surface area contributed by atoms with Crippen LogP contribution in [0.4, 0.5) is 0 Å². The van der Waals surface area contributed by atoms with Crippen molar-refractivity contribution in [3.63, 3.8) is 0 Å². The molecule has 18 heavy (non-hydrogen) atoms. The zero-order valence-electron chi connectivity index (χ0n) is 11.5. The van der Waals surface area contributed by atoms with Crippen molar-refractivity contribution in [1.82, 2.24) is 10.2 Å². The number of nitrogens with zero attached hydrogens (tertiary/aromatic N) is 1. The van der Waals surface area contributed by atoms with Crippen molar-refractivity contribution in [2.45, 2.75) is 49.8 Å². The van der Waals surface area contributed by atoms with E-state index in [0.29, 0.717) is 6.04 Å². The van der Waals surface area contributed by atoms with Crippen molar-refractivity contribution in [1.29, 1.82) is 0 Å². The van der Waals surface area contributed by atoms with Crippen LogP contribution in [-0.2, 0) is 9.47 Å². The fourth-order valence-electron chi connectivity index (χ4n) is 3.72. The Bertz CT molecular complexity index is 273. The Morgan fingerprint density at radius 2 is 1.94 bits per heavy atom. The van der Waals surface area contributed by atoms with Crippen molar-refractivity contribution < 1.29 is 9.47 Å². The summed E-state index contributed by atoms with van der Waals surface area (Å²) in [4.78, 5) is 2.63. The second kappa shape index (κ2) is 5.45. The van der Waals surface area contributed by atoms with Crippen LogP contribution in [0, 0.1) is 0 Å². The normalized spacial score (nSPS) is 38.7. The Labute approximate surface area is 110 Å². The lowest BCUT2D eigenvalue weighted by Gasteiger charge is -2.44. The first kappa shape index (κ1) is 12.9. The van der Waals surface area contributed by atoms with E-state index < -0.39 is 0 Å². The summed E-state index contributed by atoms with van der Waals surface area (Å²) in [5, 5.41) is 3.45. The minimum Gasteiger partial charge on any atom is -0.378 e. The van der Waals surface area contributed by atoms with Crippen molar-refractivity contribution in [3.8, 4) is 0 Å². The van der Waals surface area contributed by atoms with Crippen LogP contribution < -0.4 is 5.32 Å². The van der Waals surface area contributed by atoms with Gasteiger partial charge in [0.2, 0.25) is 0 Å². The van der Waals surface area contributed by atoms with E-state index in [4.69, 9.17) is 9.47 Å². The molecular weight excluding hydrogens is 228 g/mol. The van der Waals surface area contributed by atoms with Gasteiger partial charge < -0.3 is 19.7 Å². The molecule has 0 saturated carbocycles. The summed E-state index contributed by atoms with van der Waals surface area (Å²) in [6.45, 7) is 4.94. The highest BCUT2D eigenvalue weighted by Gasteiger charge is 2.42. The maximum absolute atomic E-state index is 6.03. The third kappa shape index (κ3) is 2.57. The molecule has 0 aliphatic carbocycles. The topological polar surface area (TPSA) is 33.7 Å². The van der Waals surface area contributed by atoms with Crippen LogP contribution in [-0.4, -0.2) is 62.5 Å². The van der Waals surface area contributed by atoms with E-state index in [2.05, 4.69) is 17.3 Å². The molecule has 0 amide bonds. The van der Waals surface area contributed by atoms with Gasteiger partial charge in [0.1, 0.15) is 0 Å². The molecule has 2 unspecified atom stereocenters. The summed E-state index contributed by atoms with van der Waals surface area (Å²) in [7, 11) is 2.31. The van der Waals surface area contributed by atoms with Crippen LogP contribution in [0.5, 0.6) is 0 Å². The highest BCUT2D eigenvalue weighted by Crippen LogP contribution is 2.35. The third-order valence-electron chi connectivity index (χ3n) is 4.99. The molecule has 2 atom stereocenters. The van der Waals surface area contributed by atoms with Gasteiger partial charge in [-0.15, -0.1) is 0 Å². The van der Waals surface area contributed by atoms with Crippen molar-refractivity contribution >= 4 is 0 Å². The molecule has 0 aromatic heterocycles. The summed E-state index contributed by atoms with van der Waals surface area (Å²) in [5.74, 6) is 0. The van der Waals surface area contributed by atoms with Gasteiger partial charge >= 0.3 is 0 Å². The van der Waals surface area contributed by atoms with Crippen LogP contribution in [0.1, 0.15) is 32.1 Å². The number of rotatable bonds is 2. The first-order chi connectivity index (χ1) is 8.79. The molecule has 1 N–H and O–H groups in total. The molecule has 0 aromatic rings. The molecule has 3 aliphatic heterocycles. The highest BCUT2D eigenvalue weighted by atomic mass is 16.6. The zero-order valence-corrected chi connectivity index (χ0v) is 11.5. The molecule has 4 heteroatoms. The molecule has 4 nitrogen and oxygen atoms in total. The minimum absolute atomic E-state index is 0.0457. The van der Waals surface area contributed by atoms with Crippen LogP contribution in [0.25, 0.3) is 0 Å². The Hall–Kier alpha value is -0.160. The smallest absolute Gasteiger partial charge is 0.0951 e. The van der Waals surface area contributed by atoms with E-state index in [1.54, 1.807) is 0 Å². The van der Waals surface area contributed by atoms with E-state index in [9.17, 15) is 0 Å². The molecule has 0 radical (unpaired) electrons. The molecule has 0 aromatic carbocycles. The predicted octanol–water partition coefficient (Wildman–Crippen LogP) is 1.01. The average molecular weight is 254 g/mol. The summed E-state index contributed by atoms with van der Waals surface area (Å²) in [5.41, 5.74) is 0.0457. The quantitative estimate of drug-likeness (QED) is 0.797. The highest BCUT2D eigenvalue weighted by molar-refractivity contribution is 4.94. The number of hydrogen-bond donors (Lipinski definition) is 1. The minimum atomic E-state index is 0.0457. The number of hydrogen-bond acceptors (Lipinski definition) is 4. The number of ether oxygens (including phenoxy) is 2. The second-order valence-electron chi connectivity index (χ2n) is 6.13. The molecule has 3 rings (SSSR count). The first-order valence-corrected chi connectivity index (χ1v) is 7.43. The molecule has 1 spiro atoms. The predicted molar refractivity (Wildman–Crippen MR) is 70.8 cm³/mol. The molecule has 104 valence electrons. The van der Waals surface area contributed by atoms with Gasteiger partial charge in [-0.2, -0.15) is 0 Å². The van der Waals surface area contributed by atoms with Gasteiger partial charge in [-0.3, -0.25) is 0 Å². The largest absolute Gasteiger partial charge is 0.378 e. The summed E-state index contributed by atoms with van der Waals surface area (Å²) < 4.78 is 11.6. The van der Waals surface area contributed by atoms with Gasteiger partial charge in [0, 0.05) is 31.7 Å². The molecule has 3 saturated heterocycles. The average Bonchev–Trinajstić information content (AvgIpc) is 2.87. The van der Waals surface area contributed by atoms with Gasteiger partial charge in [-0.05, 0) is 45.8 Å². The van der Waals surface area contributed by atoms with Crippen molar-refractivity contribution in [3.05, 3.63) is 0 Å². The Kier molecular flexibility index (Phi) is 3.89. The van der Waals surface area contributed by atoms with Crippen LogP contribution in [0.15, 0.2) is 0 Å². The number of piperidine rings is 1. The zero-order chi connectivity index (χ0) is 12.4. The standard InChI is InChI=1S/C14H26N2O2/c1-16(12-2-6-15-7-3-12)13-4-8-18-14(10-13)5-9-17-11-14/h12-13,15H,2-11H2,1H3. The SMILES string of the molecule is CN(C1CCNCC1)C1CCOC2(CCOC2)C1. The Morgan fingerprint density at radius 3 is 2.67 bits per heavy atom. The second-order valence-corrected chi connectivity index (χ2v) is 6.13. The van der Waals surface area contributed by atoms with Gasteiger partial charge in [0.15, 0.2) is 0 Å². The van der Waals surface area contributed by atoms with Crippen LogP contribution >= 0.6 is 0 Å². The van der Waals surface area contributed by atoms with E-state index in [1.165, 1.54) is 32.4 Å². The summed E-state index contributed by atoms with van der Waals surface area (Å²) >= 11 is 0. The van der Waals surface area contributed by atoms with Gasteiger partial charge in [-0.1, -0.05) is 0 Å². The maximum atomic E-state index is 6.03. The van der Waals surface area contributed by atoms with Gasteiger partial charge in [0.25, 0.3) is 0 Å². The lowest BCUT2D eigenvalue weighted by molar-refractivity contribution is -0.108. The Balaban J connectivity index is 1.60. The maximum Gasteiger partial charge on any atom is 0.0951 e. The summed E-state index contributed by atoms with van der Waals surface area (Å²) in [6, 6.07) is 1.44. The molecule has 3 fully saturated rings. The van der Waals surface area contributed by atoms with E-state index in [-0.39, 0.29) is 5.60 Å². The van der Waals surface area contributed by atoms with Crippen LogP contribution in [0.3, 0.4) is 0 Å². The fraction of sp³-hybridized carbons (Fsp3) is 1.00. The molecule has 0 bridgehead atoms. The third-order valence-corrected chi connectivity index (χ3v) is 4.99. The van der Waals surface area contributed by atoms with Crippen LogP contribution in [0.2, 0.25) is 0 Å².